The summed E-state index contributed by atoms with van der Waals surface area (Å²) in [7, 11) is 11.0. The van der Waals surface area contributed by atoms with Gasteiger partial charge < -0.3 is 0 Å². The standard InChI is InChI=1S/C22H25.C21H23.C2H6Si.2ClH.Zr/c1-15(2)18-13-17-7-6-8-20(21(17)14-18)16-9-11-19(12-10-16)22(3,4)5;1-14-10-17-11-15(2)13-20(17)19(12-14)16-6-8-18(9-7-16)21(3,4)5;1-3-2;;;/h6-15H,1-5H3;6-13H,1-5H3;1-2H3;2*1H;/q2*-1;;;;+4/p-2. The Bertz CT molecular complexity index is 1890. The number of benzene rings is 4. The van der Waals surface area contributed by atoms with Gasteiger partial charge in [-0.15, -0.1) is 63.0 Å². The first-order valence-electron chi connectivity index (χ1n) is 17.2. The van der Waals surface area contributed by atoms with Gasteiger partial charge in [0, 0.05) is 9.52 Å². The van der Waals surface area contributed by atoms with E-state index >= 15 is 0 Å². The SMILES string of the molecule is CC(C)c1cc2c(-c3ccc(C(C)(C)C)cc3)cccc2[cH-]1.C[Si]C.Cc1cc(-c2ccc(C(C)(C)C)cc2)c2cc(C)[cH-]c2c1.[Cl][Zr+2][Cl]. The first-order valence-corrected chi connectivity index (χ1v) is 25.5. The average Bonchev–Trinajstić information content (AvgIpc) is 3.64. The molecule has 6 aromatic carbocycles. The van der Waals surface area contributed by atoms with Crippen LogP contribution in [0.25, 0.3) is 43.8 Å². The van der Waals surface area contributed by atoms with Gasteiger partial charge in [0.25, 0.3) is 0 Å². The Morgan fingerprint density at radius 2 is 1.08 bits per heavy atom. The summed E-state index contributed by atoms with van der Waals surface area (Å²) in [5.74, 6) is 0.573. The molecule has 0 saturated heterocycles. The third-order valence-electron chi connectivity index (χ3n) is 8.68. The molecule has 49 heavy (non-hydrogen) atoms. The van der Waals surface area contributed by atoms with Gasteiger partial charge in [0.2, 0.25) is 0 Å². The van der Waals surface area contributed by atoms with Crippen molar-refractivity contribution in [3.05, 3.63) is 131 Å². The average molecular weight is 785 g/mol. The van der Waals surface area contributed by atoms with Crippen LogP contribution in [0.2, 0.25) is 13.1 Å². The Hall–Kier alpha value is -2.22. The summed E-state index contributed by atoms with van der Waals surface area (Å²) in [6, 6.07) is 38.5. The van der Waals surface area contributed by atoms with E-state index in [-0.39, 0.29) is 10.8 Å². The molecule has 256 valence electrons. The molecule has 0 aliphatic heterocycles. The van der Waals surface area contributed by atoms with Gasteiger partial charge in [-0.1, -0.05) is 153 Å². The molecule has 0 unspecified atom stereocenters. The first-order chi connectivity index (χ1) is 23.0. The van der Waals surface area contributed by atoms with Gasteiger partial charge in [-0.25, -0.2) is 0 Å². The molecule has 4 heteroatoms. The maximum absolute atomic E-state index is 4.93. The third-order valence-corrected chi connectivity index (χ3v) is 8.68. The normalized spacial score (nSPS) is 11.2. The molecule has 0 aromatic heterocycles. The van der Waals surface area contributed by atoms with Crippen molar-refractivity contribution < 1.29 is 20.8 Å². The molecule has 0 fully saturated rings. The topological polar surface area (TPSA) is 0 Å². The number of hydrogen-bond donors (Lipinski definition) is 0. The molecule has 0 amide bonds. The summed E-state index contributed by atoms with van der Waals surface area (Å²) in [6.45, 7) is 26.7. The van der Waals surface area contributed by atoms with E-state index < -0.39 is 20.8 Å². The molecule has 6 aromatic rings. The van der Waals surface area contributed by atoms with Gasteiger partial charge in [0.1, 0.15) is 0 Å². The molecule has 2 radical (unpaired) electrons. The predicted octanol–water partition coefficient (Wildman–Crippen LogP) is 14.9. The Kier molecular flexibility index (Phi) is 15.4. The third kappa shape index (κ3) is 11.4. The zero-order valence-electron chi connectivity index (χ0n) is 31.6. The molecular formula is C45H54Cl2SiZr. The van der Waals surface area contributed by atoms with Crippen LogP contribution in [0, 0.1) is 13.8 Å². The first kappa shape index (κ1) is 41.2. The molecular weight excluding hydrogens is 731 g/mol. The van der Waals surface area contributed by atoms with Crippen LogP contribution in [0.4, 0.5) is 0 Å². The fraction of sp³-hybridized carbons (Fsp3) is 0.333. The molecule has 0 aliphatic carbocycles. The monoisotopic (exact) mass is 782 g/mol. The van der Waals surface area contributed by atoms with E-state index in [1.54, 1.807) is 0 Å². The summed E-state index contributed by atoms with van der Waals surface area (Å²) in [5, 5.41) is 5.43. The van der Waals surface area contributed by atoms with E-state index in [0.29, 0.717) is 5.92 Å². The summed E-state index contributed by atoms with van der Waals surface area (Å²) < 4.78 is 0. The van der Waals surface area contributed by atoms with E-state index in [9.17, 15) is 0 Å². The van der Waals surface area contributed by atoms with E-state index in [1.807, 2.05) is 0 Å². The van der Waals surface area contributed by atoms with Crippen molar-refractivity contribution in [1.82, 2.24) is 0 Å². The summed E-state index contributed by atoms with van der Waals surface area (Å²) in [5.41, 5.74) is 12.6. The number of halogens is 2. The van der Waals surface area contributed by atoms with Gasteiger partial charge in [0.05, 0.1) is 0 Å². The van der Waals surface area contributed by atoms with E-state index in [4.69, 9.17) is 17.0 Å². The van der Waals surface area contributed by atoms with E-state index in [0.717, 1.165) is 9.52 Å². The minimum absolute atomic E-state index is 0.204. The maximum atomic E-state index is 4.93. The molecule has 0 nitrogen and oxygen atoms in total. The minimum atomic E-state index is -0.826. The van der Waals surface area contributed by atoms with Crippen LogP contribution < -0.4 is 0 Å². The van der Waals surface area contributed by atoms with Crippen molar-refractivity contribution in [3.63, 3.8) is 0 Å². The van der Waals surface area contributed by atoms with Crippen LogP contribution in [0.15, 0.2) is 103 Å². The number of hydrogen-bond acceptors (Lipinski definition) is 0. The number of fused-ring (bicyclic) bond motifs is 2. The fourth-order valence-corrected chi connectivity index (χ4v) is 6.00. The second-order valence-corrected chi connectivity index (χ2v) is 20.1. The van der Waals surface area contributed by atoms with E-state index in [1.165, 1.54) is 71.6 Å². The second kappa shape index (κ2) is 18.3. The Morgan fingerprint density at radius 1 is 0.612 bits per heavy atom. The van der Waals surface area contributed by atoms with Crippen LogP contribution in [0.1, 0.15) is 89.1 Å². The molecule has 0 N–H and O–H groups in total. The summed E-state index contributed by atoms with van der Waals surface area (Å²) in [4.78, 5) is 0. The van der Waals surface area contributed by atoms with Crippen molar-refractivity contribution in [2.75, 3.05) is 0 Å². The van der Waals surface area contributed by atoms with Crippen molar-refractivity contribution >= 4 is 48.1 Å². The van der Waals surface area contributed by atoms with Crippen molar-refractivity contribution in [2.45, 2.75) is 99.1 Å². The molecule has 0 heterocycles. The Morgan fingerprint density at radius 3 is 1.55 bits per heavy atom. The molecule has 0 spiro atoms. The summed E-state index contributed by atoms with van der Waals surface area (Å²) in [6.07, 6.45) is 0. The van der Waals surface area contributed by atoms with Crippen LogP contribution in [0.3, 0.4) is 0 Å². The molecule has 0 atom stereocenters. The zero-order valence-corrected chi connectivity index (χ0v) is 36.6. The quantitative estimate of drug-likeness (QED) is 0.124. The molecule has 0 saturated carbocycles. The van der Waals surface area contributed by atoms with Gasteiger partial charge in [-0.05, 0) is 45.9 Å². The summed E-state index contributed by atoms with van der Waals surface area (Å²) >= 11 is -0.826. The fourth-order valence-electron chi connectivity index (χ4n) is 6.00. The van der Waals surface area contributed by atoms with Crippen molar-refractivity contribution in [2.24, 2.45) is 0 Å². The molecule has 6 rings (SSSR count). The van der Waals surface area contributed by atoms with Gasteiger partial charge in [-0.2, -0.15) is 12.1 Å². The predicted molar refractivity (Wildman–Crippen MR) is 220 cm³/mol. The van der Waals surface area contributed by atoms with E-state index in [2.05, 4.69) is 185 Å². The van der Waals surface area contributed by atoms with Gasteiger partial charge in [-0.3, -0.25) is 0 Å². The molecule has 0 bridgehead atoms. The Balaban J connectivity index is 0.000000229. The van der Waals surface area contributed by atoms with Crippen molar-refractivity contribution in [3.8, 4) is 22.3 Å². The Labute approximate surface area is 318 Å². The van der Waals surface area contributed by atoms with Crippen LogP contribution in [-0.2, 0) is 31.7 Å². The van der Waals surface area contributed by atoms with Crippen LogP contribution >= 0.6 is 17.0 Å². The van der Waals surface area contributed by atoms with Crippen LogP contribution in [-0.4, -0.2) is 9.52 Å². The number of rotatable bonds is 3. The van der Waals surface area contributed by atoms with Crippen molar-refractivity contribution in [1.29, 1.82) is 0 Å². The zero-order chi connectivity index (χ0) is 36.5. The number of aryl methyl sites for hydroxylation is 2. The van der Waals surface area contributed by atoms with Crippen LogP contribution in [0.5, 0.6) is 0 Å². The molecule has 0 aliphatic rings. The van der Waals surface area contributed by atoms with Gasteiger partial charge >= 0.3 is 37.9 Å². The van der Waals surface area contributed by atoms with Gasteiger partial charge in [0.15, 0.2) is 0 Å². The second-order valence-electron chi connectivity index (χ2n) is 15.3.